The molecule has 80 valence electrons. The molecule has 0 spiro atoms. The van der Waals surface area contributed by atoms with Gasteiger partial charge in [0.25, 0.3) is 0 Å². The Morgan fingerprint density at radius 3 is 2.88 bits per heavy atom. The molecule has 2 aliphatic rings. The average Bonchev–Trinajstić information content (AvgIpc) is 2.73. The Hall–Kier alpha value is -1.61. The molecule has 4 heteroatoms. The zero-order chi connectivity index (χ0) is 11.0. The number of fused-ring (bicyclic) bond motifs is 1. The zero-order valence-electron chi connectivity index (χ0n) is 8.55. The summed E-state index contributed by atoms with van der Waals surface area (Å²) in [6, 6.07) is 10.4. The van der Waals surface area contributed by atoms with Gasteiger partial charge in [-0.1, -0.05) is 41.9 Å². The van der Waals surface area contributed by atoms with Crippen molar-refractivity contribution in [1.82, 2.24) is 4.90 Å². The lowest BCUT2D eigenvalue weighted by Crippen LogP contribution is -2.27. The fourth-order valence-corrected chi connectivity index (χ4v) is 2.05. The largest absolute Gasteiger partial charge is 0.315 e. The predicted molar refractivity (Wildman–Crippen MR) is 65.8 cm³/mol. The fourth-order valence-electron chi connectivity index (χ4n) is 1.90. The summed E-state index contributed by atoms with van der Waals surface area (Å²) in [4.78, 5) is 10.7. The van der Waals surface area contributed by atoms with Crippen molar-refractivity contribution < 1.29 is 0 Å². The third-order valence-corrected chi connectivity index (χ3v) is 2.91. The monoisotopic (exact) mass is 231 g/mol. The summed E-state index contributed by atoms with van der Waals surface area (Å²) in [5.41, 5.74) is 1.22. The molecule has 1 aromatic rings. The van der Waals surface area contributed by atoms with E-state index in [-0.39, 0.29) is 6.04 Å². The first-order valence-electron chi connectivity index (χ1n) is 5.14. The molecular weight excluding hydrogens is 222 g/mol. The van der Waals surface area contributed by atoms with Crippen molar-refractivity contribution >= 4 is 23.8 Å². The molecule has 0 saturated heterocycles. The number of nitrogens with zero attached hydrogens (tertiary/aromatic N) is 3. The average molecular weight is 232 g/mol. The molecular formula is C12H10ClN3. The van der Waals surface area contributed by atoms with Crippen LogP contribution in [0.3, 0.4) is 0 Å². The molecule has 0 radical (unpaired) electrons. The minimum atomic E-state index is 0.182. The van der Waals surface area contributed by atoms with Crippen LogP contribution in [0.15, 0.2) is 51.5 Å². The van der Waals surface area contributed by atoms with Crippen LogP contribution in [0.2, 0.25) is 0 Å². The number of aliphatic imine (C=N–C) groups is 2. The first kappa shape index (κ1) is 9.60. The van der Waals surface area contributed by atoms with Crippen LogP contribution in [0.5, 0.6) is 0 Å². The highest BCUT2D eigenvalue weighted by atomic mass is 35.5. The molecule has 1 atom stereocenters. The Morgan fingerprint density at radius 1 is 1.25 bits per heavy atom. The molecule has 0 amide bonds. The molecule has 2 aliphatic heterocycles. The third kappa shape index (κ3) is 1.63. The van der Waals surface area contributed by atoms with Gasteiger partial charge in [-0.2, -0.15) is 0 Å². The summed E-state index contributed by atoms with van der Waals surface area (Å²) >= 11 is 5.83. The molecule has 0 bridgehead atoms. The van der Waals surface area contributed by atoms with Gasteiger partial charge in [0.05, 0.1) is 18.9 Å². The lowest BCUT2D eigenvalue weighted by atomic mass is 10.1. The maximum Gasteiger partial charge on any atom is 0.134 e. The number of benzene rings is 1. The molecule has 0 N–H and O–H groups in total. The number of hydrogen-bond donors (Lipinski definition) is 0. The second-order valence-corrected chi connectivity index (χ2v) is 4.17. The summed E-state index contributed by atoms with van der Waals surface area (Å²) in [6.45, 7) is 0.837. The first-order valence-corrected chi connectivity index (χ1v) is 5.51. The lowest BCUT2D eigenvalue weighted by molar-refractivity contribution is 0.601. The van der Waals surface area contributed by atoms with Gasteiger partial charge in [0, 0.05) is 6.08 Å². The second kappa shape index (κ2) is 3.76. The molecule has 0 saturated carbocycles. The van der Waals surface area contributed by atoms with Crippen LogP contribution in [-0.4, -0.2) is 23.6 Å². The number of hydrogen-bond acceptors (Lipinski definition) is 3. The molecule has 0 aromatic heterocycles. The Labute approximate surface area is 98.8 Å². The normalized spacial score (nSPS) is 22.8. The SMILES string of the molecule is ClC1=CC2=NC(c3ccccc3)CN2C=N1. The Balaban J connectivity index is 1.91. The molecule has 16 heavy (non-hydrogen) atoms. The van der Waals surface area contributed by atoms with E-state index in [1.54, 1.807) is 12.4 Å². The van der Waals surface area contributed by atoms with E-state index in [1.807, 2.05) is 23.1 Å². The molecule has 0 fully saturated rings. The standard InChI is InChI=1S/C12H10ClN3/c13-11-6-12-15-10(7-16(12)8-14-11)9-4-2-1-3-5-9/h1-6,8,10H,7H2. The maximum atomic E-state index is 5.83. The van der Waals surface area contributed by atoms with Gasteiger partial charge >= 0.3 is 0 Å². The van der Waals surface area contributed by atoms with Crippen molar-refractivity contribution in [2.24, 2.45) is 9.98 Å². The van der Waals surface area contributed by atoms with Crippen LogP contribution >= 0.6 is 11.6 Å². The molecule has 3 rings (SSSR count). The molecule has 1 aromatic carbocycles. The van der Waals surface area contributed by atoms with E-state index in [9.17, 15) is 0 Å². The van der Waals surface area contributed by atoms with Crippen LogP contribution < -0.4 is 0 Å². The topological polar surface area (TPSA) is 28.0 Å². The van der Waals surface area contributed by atoms with Crippen molar-refractivity contribution in [2.75, 3.05) is 6.54 Å². The van der Waals surface area contributed by atoms with Gasteiger partial charge in [-0.25, -0.2) is 4.99 Å². The van der Waals surface area contributed by atoms with Gasteiger partial charge in [-0.3, -0.25) is 4.99 Å². The van der Waals surface area contributed by atoms with Crippen LogP contribution in [0.4, 0.5) is 0 Å². The minimum absolute atomic E-state index is 0.182. The molecule has 1 unspecified atom stereocenters. The van der Waals surface area contributed by atoms with Crippen molar-refractivity contribution in [3.05, 3.63) is 47.1 Å². The summed E-state index contributed by atoms with van der Waals surface area (Å²) in [5.74, 6) is 0.897. The van der Waals surface area contributed by atoms with Crippen LogP contribution in [0.1, 0.15) is 11.6 Å². The number of halogens is 1. The molecule has 2 heterocycles. The predicted octanol–water partition coefficient (Wildman–Crippen LogP) is 2.56. The smallest absolute Gasteiger partial charge is 0.134 e. The minimum Gasteiger partial charge on any atom is -0.315 e. The van der Waals surface area contributed by atoms with Crippen molar-refractivity contribution in [2.45, 2.75) is 6.04 Å². The number of amidine groups is 1. The highest BCUT2D eigenvalue weighted by molar-refractivity contribution is 6.32. The van der Waals surface area contributed by atoms with E-state index in [1.165, 1.54) is 5.56 Å². The van der Waals surface area contributed by atoms with E-state index in [2.05, 4.69) is 22.1 Å². The van der Waals surface area contributed by atoms with Gasteiger partial charge in [0.15, 0.2) is 0 Å². The van der Waals surface area contributed by atoms with E-state index >= 15 is 0 Å². The van der Waals surface area contributed by atoms with Gasteiger partial charge in [-0.15, -0.1) is 0 Å². The lowest BCUT2D eigenvalue weighted by Gasteiger charge is -2.15. The van der Waals surface area contributed by atoms with Gasteiger partial charge in [0.2, 0.25) is 0 Å². The Bertz CT molecular complexity index is 490. The van der Waals surface area contributed by atoms with E-state index in [0.29, 0.717) is 5.16 Å². The quantitative estimate of drug-likeness (QED) is 0.683. The third-order valence-electron chi connectivity index (χ3n) is 2.71. The van der Waals surface area contributed by atoms with Gasteiger partial charge in [0.1, 0.15) is 11.0 Å². The molecule has 0 aliphatic carbocycles. The summed E-state index contributed by atoms with van der Waals surface area (Å²) in [7, 11) is 0. The fraction of sp³-hybridized carbons (Fsp3) is 0.167. The number of rotatable bonds is 1. The summed E-state index contributed by atoms with van der Waals surface area (Å²) < 4.78 is 0. The zero-order valence-corrected chi connectivity index (χ0v) is 9.30. The van der Waals surface area contributed by atoms with Crippen LogP contribution in [0.25, 0.3) is 0 Å². The highest BCUT2D eigenvalue weighted by Gasteiger charge is 2.25. The van der Waals surface area contributed by atoms with Crippen LogP contribution in [-0.2, 0) is 0 Å². The van der Waals surface area contributed by atoms with Gasteiger partial charge in [-0.05, 0) is 5.56 Å². The maximum absolute atomic E-state index is 5.83. The first-order chi connectivity index (χ1) is 7.83. The summed E-state index contributed by atoms with van der Waals surface area (Å²) in [6.07, 6.45) is 3.54. The Kier molecular flexibility index (Phi) is 2.26. The van der Waals surface area contributed by atoms with E-state index < -0.39 is 0 Å². The van der Waals surface area contributed by atoms with Crippen molar-refractivity contribution in [1.29, 1.82) is 0 Å². The Morgan fingerprint density at radius 2 is 2.06 bits per heavy atom. The van der Waals surface area contributed by atoms with E-state index in [4.69, 9.17) is 11.6 Å². The highest BCUT2D eigenvalue weighted by Crippen LogP contribution is 2.26. The van der Waals surface area contributed by atoms with Crippen molar-refractivity contribution in [3.8, 4) is 0 Å². The van der Waals surface area contributed by atoms with Gasteiger partial charge < -0.3 is 4.90 Å². The van der Waals surface area contributed by atoms with E-state index in [0.717, 1.165) is 12.4 Å². The molecule has 3 nitrogen and oxygen atoms in total. The van der Waals surface area contributed by atoms with Crippen LogP contribution in [0, 0.1) is 0 Å². The summed E-state index contributed by atoms with van der Waals surface area (Å²) in [5, 5.41) is 0.490. The second-order valence-electron chi connectivity index (χ2n) is 3.78. The van der Waals surface area contributed by atoms with Crippen molar-refractivity contribution in [3.63, 3.8) is 0 Å².